The molecule has 22 heavy (non-hydrogen) atoms. The van der Waals surface area contributed by atoms with E-state index in [4.69, 9.17) is 16.3 Å². The van der Waals surface area contributed by atoms with Gasteiger partial charge in [-0.1, -0.05) is 11.6 Å². The van der Waals surface area contributed by atoms with Crippen LogP contribution in [0.2, 0.25) is 5.02 Å². The molecule has 3 amide bonds. The average molecular weight is 324 g/mol. The summed E-state index contributed by atoms with van der Waals surface area (Å²) in [7, 11) is 0. The minimum absolute atomic E-state index is 0.0189. The van der Waals surface area contributed by atoms with E-state index in [1.807, 2.05) is 12.1 Å². The zero-order chi connectivity index (χ0) is 15.5. The Balaban J connectivity index is 1.61. The van der Waals surface area contributed by atoms with Gasteiger partial charge >= 0.3 is 6.03 Å². The fourth-order valence-electron chi connectivity index (χ4n) is 2.67. The van der Waals surface area contributed by atoms with E-state index in [1.165, 1.54) is 0 Å². The molecule has 2 heterocycles. The van der Waals surface area contributed by atoms with E-state index in [-0.39, 0.29) is 18.5 Å². The standard InChI is InChI=1S/C15H18ClN3O3/c16-12-1-3-13(4-2-12)19-6-5-18(15(19)21)11-14(20)17-7-9-22-10-8-17/h1-4H,5-11H2. The van der Waals surface area contributed by atoms with Crippen molar-refractivity contribution in [2.75, 3.05) is 50.8 Å². The normalized spacial score (nSPS) is 19.0. The Labute approximate surface area is 134 Å². The summed E-state index contributed by atoms with van der Waals surface area (Å²) in [4.78, 5) is 29.7. The fourth-order valence-corrected chi connectivity index (χ4v) is 2.79. The monoisotopic (exact) mass is 323 g/mol. The molecule has 0 bridgehead atoms. The van der Waals surface area contributed by atoms with Gasteiger partial charge in [-0.2, -0.15) is 0 Å². The van der Waals surface area contributed by atoms with Gasteiger partial charge in [0.25, 0.3) is 0 Å². The lowest BCUT2D eigenvalue weighted by Gasteiger charge is -2.28. The zero-order valence-corrected chi connectivity index (χ0v) is 13.0. The third-order valence-electron chi connectivity index (χ3n) is 3.92. The minimum Gasteiger partial charge on any atom is -0.378 e. The second kappa shape index (κ2) is 6.54. The summed E-state index contributed by atoms with van der Waals surface area (Å²) < 4.78 is 5.23. The van der Waals surface area contributed by atoms with Crippen LogP contribution in [0.4, 0.5) is 10.5 Å². The summed E-state index contributed by atoms with van der Waals surface area (Å²) in [6, 6.07) is 7.00. The van der Waals surface area contributed by atoms with Crippen molar-refractivity contribution in [3.63, 3.8) is 0 Å². The number of ether oxygens (including phenoxy) is 1. The summed E-state index contributed by atoms with van der Waals surface area (Å²) in [6.45, 7) is 3.59. The summed E-state index contributed by atoms with van der Waals surface area (Å²) >= 11 is 5.86. The smallest absolute Gasteiger partial charge is 0.325 e. The van der Waals surface area contributed by atoms with E-state index in [0.29, 0.717) is 44.4 Å². The van der Waals surface area contributed by atoms with Crippen molar-refractivity contribution < 1.29 is 14.3 Å². The number of halogens is 1. The molecule has 0 unspecified atom stereocenters. The Morgan fingerprint density at radius 3 is 2.45 bits per heavy atom. The lowest BCUT2D eigenvalue weighted by atomic mass is 10.3. The first-order chi connectivity index (χ1) is 10.6. The molecule has 2 aliphatic heterocycles. The Hall–Kier alpha value is -1.79. The SMILES string of the molecule is O=C(CN1CCN(c2ccc(Cl)cc2)C1=O)N1CCOCC1. The van der Waals surface area contributed by atoms with Gasteiger partial charge in [-0.3, -0.25) is 9.69 Å². The maximum Gasteiger partial charge on any atom is 0.325 e. The van der Waals surface area contributed by atoms with Crippen molar-refractivity contribution in [3.05, 3.63) is 29.3 Å². The number of carbonyl (C=O) groups is 2. The van der Waals surface area contributed by atoms with E-state index < -0.39 is 0 Å². The number of hydrogen-bond acceptors (Lipinski definition) is 3. The fraction of sp³-hybridized carbons (Fsp3) is 0.467. The summed E-state index contributed by atoms with van der Waals surface area (Å²) in [5.41, 5.74) is 0.802. The summed E-state index contributed by atoms with van der Waals surface area (Å²) in [5, 5.41) is 0.634. The quantitative estimate of drug-likeness (QED) is 0.846. The van der Waals surface area contributed by atoms with Gasteiger partial charge in [0.15, 0.2) is 0 Å². The number of nitrogens with zero attached hydrogens (tertiary/aromatic N) is 3. The predicted molar refractivity (Wildman–Crippen MR) is 83.2 cm³/mol. The highest BCUT2D eigenvalue weighted by molar-refractivity contribution is 6.30. The lowest BCUT2D eigenvalue weighted by Crippen LogP contribution is -2.46. The van der Waals surface area contributed by atoms with Crippen molar-refractivity contribution in [3.8, 4) is 0 Å². The molecule has 1 aromatic rings. The number of rotatable bonds is 3. The molecule has 0 aromatic heterocycles. The van der Waals surface area contributed by atoms with Gasteiger partial charge in [-0.05, 0) is 24.3 Å². The van der Waals surface area contributed by atoms with Gasteiger partial charge in [0, 0.05) is 36.9 Å². The Bertz CT molecular complexity index is 558. The minimum atomic E-state index is -0.135. The van der Waals surface area contributed by atoms with Crippen LogP contribution in [0.5, 0.6) is 0 Å². The third kappa shape index (κ3) is 3.18. The molecule has 7 heteroatoms. The van der Waals surface area contributed by atoms with Crippen LogP contribution in [0.3, 0.4) is 0 Å². The highest BCUT2D eigenvalue weighted by Gasteiger charge is 2.32. The first-order valence-corrected chi connectivity index (χ1v) is 7.70. The number of benzene rings is 1. The van der Waals surface area contributed by atoms with Crippen molar-refractivity contribution in [1.82, 2.24) is 9.80 Å². The molecule has 0 aliphatic carbocycles. The van der Waals surface area contributed by atoms with Gasteiger partial charge in [0.1, 0.15) is 6.54 Å². The van der Waals surface area contributed by atoms with Crippen LogP contribution < -0.4 is 4.90 Å². The Kier molecular flexibility index (Phi) is 4.49. The summed E-state index contributed by atoms with van der Waals surface area (Å²) in [6.07, 6.45) is 0. The largest absolute Gasteiger partial charge is 0.378 e. The van der Waals surface area contributed by atoms with Crippen molar-refractivity contribution in [2.45, 2.75) is 0 Å². The molecule has 2 aliphatic rings. The number of urea groups is 1. The van der Waals surface area contributed by atoms with Crippen LogP contribution in [0, 0.1) is 0 Å². The van der Waals surface area contributed by atoms with Crippen molar-refractivity contribution >= 4 is 29.2 Å². The first-order valence-electron chi connectivity index (χ1n) is 7.33. The number of hydrogen-bond donors (Lipinski definition) is 0. The van der Waals surface area contributed by atoms with Gasteiger partial charge in [0.2, 0.25) is 5.91 Å². The molecule has 0 N–H and O–H groups in total. The van der Waals surface area contributed by atoms with E-state index in [9.17, 15) is 9.59 Å². The molecule has 6 nitrogen and oxygen atoms in total. The molecular weight excluding hydrogens is 306 g/mol. The van der Waals surface area contributed by atoms with Gasteiger partial charge < -0.3 is 14.5 Å². The van der Waals surface area contributed by atoms with E-state index in [1.54, 1.807) is 26.8 Å². The molecule has 0 saturated carbocycles. The second-order valence-corrected chi connectivity index (χ2v) is 5.76. The van der Waals surface area contributed by atoms with Crippen molar-refractivity contribution in [2.24, 2.45) is 0 Å². The number of amides is 3. The van der Waals surface area contributed by atoms with E-state index in [0.717, 1.165) is 5.69 Å². The molecule has 0 atom stereocenters. The highest BCUT2D eigenvalue weighted by Crippen LogP contribution is 2.22. The number of anilines is 1. The van der Waals surface area contributed by atoms with Crippen LogP contribution in [-0.2, 0) is 9.53 Å². The molecular formula is C15H18ClN3O3. The topological polar surface area (TPSA) is 53.1 Å². The third-order valence-corrected chi connectivity index (χ3v) is 4.18. The molecule has 118 valence electrons. The van der Waals surface area contributed by atoms with Gasteiger partial charge in [-0.15, -0.1) is 0 Å². The Morgan fingerprint density at radius 1 is 1.09 bits per heavy atom. The van der Waals surface area contributed by atoms with Crippen LogP contribution >= 0.6 is 11.6 Å². The highest BCUT2D eigenvalue weighted by atomic mass is 35.5. The molecule has 3 rings (SSSR count). The number of morpholine rings is 1. The summed E-state index contributed by atoms with van der Waals surface area (Å²) in [5.74, 6) is -0.0189. The molecule has 1 aromatic carbocycles. The predicted octanol–water partition coefficient (Wildman–Crippen LogP) is 1.44. The van der Waals surface area contributed by atoms with Crippen LogP contribution in [0.25, 0.3) is 0 Å². The molecule has 2 fully saturated rings. The van der Waals surface area contributed by atoms with E-state index in [2.05, 4.69) is 0 Å². The zero-order valence-electron chi connectivity index (χ0n) is 12.2. The number of carbonyl (C=O) groups excluding carboxylic acids is 2. The molecule has 0 radical (unpaired) electrons. The van der Waals surface area contributed by atoms with E-state index >= 15 is 0 Å². The first kappa shape index (κ1) is 15.1. The van der Waals surface area contributed by atoms with Gasteiger partial charge in [-0.25, -0.2) is 4.79 Å². The Morgan fingerprint density at radius 2 is 1.77 bits per heavy atom. The second-order valence-electron chi connectivity index (χ2n) is 5.33. The average Bonchev–Trinajstić information content (AvgIpc) is 2.90. The maximum atomic E-state index is 12.4. The lowest BCUT2D eigenvalue weighted by molar-refractivity contribution is -0.135. The molecule has 0 spiro atoms. The van der Waals surface area contributed by atoms with Crippen LogP contribution in [0.15, 0.2) is 24.3 Å². The van der Waals surface area contributed by atoms with Gasteiger partial charge in [0.05, 0.1) is 13.2 Å². The van der Waals surface area contributed by atoms with Crippen LogP contribution in [0.1, 0.15) is 0 Å². The molecule has 2 saturated heterocycles. The van der Waals surface area contributed by atoms with Crippen molar-refractivity contribution in [1.29, 1.82) is 0 Å². The maximum absolute atomic E-state index is 12.4. The van der Waals surface area contributed by atoms with Crippen LogP contribution in [-0.4, -0.2) is 67.7 Å².